The highest BCUT2D eigenvalue weighted by Crippen LogP contribution is 2.22. The molecule has 2 heterocycles. The van der Waals surface area contributed by atoms with Gasteiger partial charge in [0.2, 0.25) is 5.13 Å². The van der Waals surface area contributed by atoms with E-state index < -0.39 is 0 Å². The summed E-state index contributed by atoms with van der Waals surface area (Å²) in [5.41, 5.74) is 3.30. The molecule has 3 aromatic rings. The van der Waals surface area contributed by atoms with E-state index in [9.17, 15) is 4.79 Å². The van der Waals surface area contributed by atoms with Crippen molar-refractivity contribution >= 4 is 40.1 Å². The summed E-state index contributed by atoms with van der Waals surface area (Å²) in [5.74, 6) is 0.858. The smallest absolute Gasteiger partial charge is 0.321 e. The number of rotatable bonds is 5. The van der Waals surface area contributed by atoms with Crippen LogP contribution in [0.5, 0.6) is 0 Å². The maximum atomic E-state index is 12.7. The largest absolute Gasteiger partial charge is 0.345 e. The zero-order valence-corrected chi connectivity index (χ0v) is 19.5. The van der Waals surface area contributed by atoms with E-state index in [1.54, 1.807) is 11.8 Å². The van der Waals surface area contributed by atoms with Crippen LogP contribution in [0.3, 0.4) is 0 Å². The molecule has 1 N–H and O–H groups in total. The molecular weight excluding hydrogens is 426 g/mol. The summed E-state index contributed by atoms with van der Waals surface area (Å²) in [4.78, 5) is 22.8. The van der Waals surface area contributed by atoms with E-state index in [1.807, 2.05) is 35.4 Å². The lowest BCUT2D eigenvalue weighted by molar-refractivity contribution is 0.215. The van der Waals surface area contributed by atoms with Gasteiger partial charge in [-0.1, -0.05) is 29.8 Å². The van der Waals surface area contributed by atoms with Crippen molar-refractivity contribution in [3.8, 4) is 0 Å². The second-order valence-electron chi connectivity index (χ2n) is 7.64. The first-order valence-corrected chi connectivity index (χ1v) is 12.4. The molecule has 0 bridgehead atoms. The number of aryl methyl sites for hydroxylation is 1. The molecular formula is C23H27N5OS2. The van der Waals surface area contributed by atoms with Crippen LogP contribution in [-0.4, -0.2) is 52.7 Å². The lowest BCUT2D eigenvalue weighted by atomic mass is 10.1. The molecule has 8 heteroatoms. The summed E-state index contributed by atoms with van der Waals surface area (Å²) in [6.07, 6.45) is 3.69. The molecule has 1 aromatic heterocycles. The van der Waals surface area contributed by atoms with Crippen LogP contribution in [0, 0.1) is 6.92 Å². The highest BCUT2D eigenvalue weighted by molar-refractivity contribution is 7.98. The van der Waals surface area contributed by atoms with Gasteiger partial charge in [0.15, 0.2) is 0 Å². The summed E-state index contributed by atoms with van der Waals surface area (Å²) in [7, 11) is 0. The fourth-order valence-corrected chi connectivity index (χ4v) is 4.67. The minimum absolute atomic E-state index is 0.0453. The minimum Gasteiger partial charge on any atom is -0.345 e. The van der Waals surface area contributed by atoms with Crippen molar-refractivity contribution in [2.75, 3.05) is 42.7 Å². The zero-order chi connectivity index (χ0) is 21.6. The molecule has 6 nitrogen and oxygen atoms in total. The number of carbonyl (C=O) groups is 1. The molecule has 1 aliphatic rings. The SMILES string of the molecule is CSc1ccc(NC(=O)N2CCCN(c3nc(Cc4ccc(C)cc4)ns3)CC2)cc1. The van der Waals surface area contributed by atoms with Crippen LogP contribution in [0.1, 0.15) is 23.4 Å². The number of aromatic nitrogens is 2. The Balaban J connectivity index is 1.32. The lowest BCUT2D eigenvalue weighted by Gasteiger charge is -2.22. The van der Waals surface area contributed by atoms with Crippen LogP contribution in [0.2, 0.25) is 0 Å². The summed E-state index contributed by atoms with van der Waals surface area (Å²) in [5, 5.41) is 3.96. The predicted molar refractivity (Wildman–Crippen MR) is 130 cm³/mol. The first kappa shape index (κ1) is 21.6. The Kier molecular flexibility index (Phi) is 7.09. The molecule has 0 radical (unpaired) electrons. The maximum absolute atomic E-state index is 12.7. The van der Waals surface area contributed by atoms with Gasteiger partial charge in [-0.25, -0.2) is 9.78 Å². The fourth-order valence-electron chi connectivity index (χ4n) is 3.52. The Morgan fingerprint density at radius 3 is 2.58 bits per heavy atom. The van der Waals surface area contributed by atoms with E-state index in [-0.39, 0.29) is 6.03 Å². The minimum atomic E-state index is -0.0453. The van der Waals surface area contributed by atoms with E-state index in [0.29, 0.717) is 6.54 Å². The average molecular weight is 454 g/mol. The second-order valence-corrected chi connectivity index (χ2v) is 9.25. The van der Waals surface area contributed by atoms with Crippen LogP contribution in [0.15, 0.2) is 53.4 Å². The number of benzene rings is 2. The quantitative estimate of drug-likeness (QED) is 0.557. The van der Waals surface area contributed by atoms with Crippen molar-refractivity contribution in [2.24, 2.45) is 0 Å². The normalized spacial score (nSPS) is 14.4. The van der Waals surface area contributed by atoms with Gasteiger partial charge in [0.05, 0.1) is 0 Å². The number of urea groups is 1. The number of hydrogen-bond donors (Lipinski definition) is 1. The zero-order valence-electron chi connectivity index (χ0n) is 17.9. The number of carbonyl (C=O) groups excluding carboxylic acids is 1. The average Bonchev–Trinajstić information content (AvgIpc) is 3.10. The fraction of sp³-hybridized carbons (Fsp3) is 0.348. The Hall–Kier alpha value is -2.58. The van der Waals surface area contributed by atoms with Gasteiger partial charge in [-0.15, -0.1) is 11.8 Å². The Bertz CT molecular complexity index is 1000. The molecule has 0 aliphatic carbocycles. The molecule has 162 valence electrons. The van der Waals surface area contributed by atoms with Crippen molar-refractivity contribution in [3.63, 3.8) is 0 Å². The Morgan fingerprint density at radius 1 is 1.06 bits per heavy atom. The van der Waals surface area contributed by atoms with Gasteiger partial charge in [0.25, 0.3) is 0 Å². The van der Waals surface area contributed by atoms with Gasteiger partial charge in [0, 0.05) is 54.7 Å². The van der Waals surface area contributed by atoms with Crippen LogP contribution < -0.4 is 10.2 Å². The number of nitrogens with one attached hydrogen (secondary N) is 1. The van der Waals surface area contributed by atoms with Crippen molar-refractivity contribution in [2.45, 2.75) is 24.7 Å². The van der Waals surface area contributed by atoms with Gasteiger partial charge in [-0.05, 0) is 49.4 Å². The molecule has 1 fully saturated rings. The van der Waals surface area contributed by atoms with E-state index in [4.69, 9.17) is 4.98 Å². The molecule has 0 saturated carbocycles. The van der Waals surface area contributed by atoms with Gasteiger partial charge >= 0.3 is 6.03 Å². The van der Waals surface area contributed by atoms with Crippen LogP contribution >= 0.6 is 23.3 Å². The molecule has 2 aromatic carbocycles. The number of amides is 2. The molecule has 0 atom stereocenters. The van der Waals surface area contributed by atoms with Crippen LogP contribution in [-0.2, 0) is 6.42 Å². The summed E-state index contributed by atoms with van der Waals surface area (Å²) < 4.78 is 4.56. The topological polar surface area (TPSA) is 61.4 Å². The highest BCUT2D eigenvalue weighted by Gasteiger charge is 2.21. The van der Waals surface area contributed by atoms with Gasteiger partial charge in [-0.3, -0.25) is 0 Å². The standard InChI is InChI=1S/C23H27N5OS2/c1-17-4-6-18(7-5-17)16-21-25-23(31-26-21)28-13-3-12-27(14-15-28)22(29)24-19-8-10-20(30-2)11-9-19/h4-11H,3,12-16H2,1-2H3,(H,24,29). The monoisotopic (exact) mass is 453 g/mol. The summed E-state index contributed by atoms with van der Waals surface area (Å²) >= 11 is 3.14. The maximum Gasteiger partial charge on any atom is 0.321 e. The van der Waals surface area contributed by atoms with E-state index in [0.717, 1.165) is 49.1 Å². The van der Waals surface area contributed by atoms with Gasteiger partial charge < -0.3 is 15.1 Å². The summed E-state index contributed by atoms with van der Waals surface area (Å²) in [6, 6.07) is 16.4. The number of hydrogen-bond acceptors (Lipinski definition) is 6. The number of nitrogens with zero attached hydrogens (tertiary/aromatic N) is 4. The van der Waals surface area contributed by atoms with Gasteiger partial charge in [-0.2, -0.15) is 4.37 Å². The molecule has 1 aliphatic heterocycles. The Morgan fingerprint density at radius 2 is 1.84 bits per heavy atom. The lowest BCUT2D eigenvalue weighted by Crippen LogP contribution is -2.38. The molecule has 0 unspecified atom stereocenters. The second kappa shape index (κ2) is 10.2. The van der Waals surface area contributed by atoms with Crippen LogP contribution in [0.4, 0.5) is 15.6 Å². The number of anilines is 2. The van der Waals surface area contributed by atoms with Crippen molar-refractivity contribution in [3.05, 3.63) is 65.5 Å². The first-order valence-electron chi connectivity index (χ1n) is 10.4. The molecule has 2 amide bonds. The van der Waals surface area contributed by atoms with Gasteiger partial charge in [0.1, 0.15) is 5.82 Å². The summed E-state index contributed by atoms with van der Waals surface area (Å²) in [6.45, 7) is 5.14. The predicted octanol–water partition coefficient (Wildman–Crippen LogP) is 4.90. The van der Waals surface area contributed by atoms with Crippen molar-refractivity contribution in [1.82, 2.24) is 14.3 Å². The van der Waals surface area contributed by atoms with E-state index in [2.05, 4.69) is 45.8 Å². The Labute approximate surface area is 191 Å². The third-order valence-corrected chi connectivity index (χ3v) is 6.89. The molecule has 1 saturated heterocycles. The van der Waals surface area contributed by atoms with Crippen molar-refractivity contribution in [1.29, 1.82) is 0 Å². The highest BCUT2D eigenvalue weighted by atomic mass is 32.2. The van der Waals surface area contributed by atoms with E-state index in [1.165, 1.54) is 27.6 Å². The first-order chi connectivity index (χ1) is 15.1. The molecule has 0 spiro atoms. The third-order valence-electron chi connectivity index (χ3n) is 5.34. The molecule has 4 rings (SSSR count). The molecule has 31 heavy (non-hydrogen) atoms. The third kappa shape index (κ3) is 5.77. The van der Waals surface area contributed by atoms with E-state index >= 15 is 0 Å². The number of thioether (sulfide) groups is 1. The van der Waals surface area contributed by atoms with Crippen molar-refractivity contribution < 1.29 is 4.79 Å². The van der Waals surface area contributed by atoms with Crippen LogP contribution in [0.25, 0.3) is 0 Å².